The molecule has 0 aliphatic rings. The average Bonchev–Trinajstić information content (AvgIpc) is 2.19. The molecule has 15 heavy (non-hydrogen) atoms. The second-order valence-electron chi connectivity index (χ2n) is 3.10. The van der Waals surface area contributed by atoms with E-state index in [1.165, 1.54) is 17.8 Å². The molecule has 0 fully saturated rings. The van der Waals surface area contributed by atoms with Gasteiger partial charge in [0.25, 0.3) is 0 Å². The highest BCUT2D eigenvalue weighted by Crippen LogP contribution is 2.21. The summed E-state index contributed by atoms with van der Waals surface area (Å²) in [5.74, 6) is -0.0636. The molecule has 2 N–H and O–H groups in total. The van der Waals surface area contributed by atoms with Crippen molar-refractivity contribution in [3.8, 4) is 0 Å². The smallest absolute Gasteiger partial charge is 0.230 e. The van der Waals surface area contributed by atoms with Crippen LogP contribution in [0.4, 0.5) is 4.39 Å². The van der Waals surface area contributed by atoms with Gasteiger partial charge in [-0.2, -0.15) is 0 Å². The van der Waals surface area contributed by atoms with Gasteiger partial charge < -0.3 is 5.73 Å². The molecule has 0 saturated carbocycles. The molecular formula is C10H11BrFNOS. The molecule has 0 spiro atoms. The Bertz CT molecular complexity index is 372. The molecule has 82 valence electrons. The fraction of sp³-hybridized carbons (Fsp3) is 0.300. The topological polar surface area (TPSA) is 43.1 Å². The molecule has 1 amide bonds. The van der Waals surface area contributed by atoms with Gasteiger partial charge in [-0.3, -0.25) is 4.79 Å². The van der Waals surface area contributed by atoms with Crippen LogP contribution < -0.4 is 5.73 Å². The lowest BCUT2D eigenvalue weighted by atomic mass is 10.2. The van der Waals surface area contributed by atoms with Gasteiger partial charge in [0.2, 0.25) is 5.91 Å². The fourth-order valence-electron chi connectivity index (χ4n) is 0.933. The monoisotopic (exact) mass is 291 g/mol. The second kappa shape index (κ2) is 5.51. The van der Waals surface area contributed by atoms with Crippen LogP contribution in [0.15, 0.2) is 22.7 Å². The first-order valence-corrected chi connectivity index (χ1v) is 6.19. The summed E-state index contributed by atoms with van der Waals surface area (Å²) in [5, 5.41) is -0.253. The minimum atomic E-state index is -0.349. The Hall–Kier alpha value is -0.550. The van der Waals surface area contributed by atoms with Crippen molar-refractivity contribution in [1.29, 1.82) is 0 Å². The Balaban J connectivity index is 2.58. The zero-order chi connectivity index (χ0) is 11.4. The molecular weight excluding hydrogens is 281 g/mol. The van der Waals surface area contributed by atoms with E-state index in [-0.39, 0.29) is 17.0 Å². The van der Waals surface area contributed by atoms with Gasteiger partial charge in [0.05, 0.1) is 9.72 Å². The van der Waals surface area contributed by atoms with Crippen LogP contribution in [0.1, 0.15) is 12.5 Å². The van der Waals surface area contributed by atoms with Gasteiger partial charge in [-0.15, -0.1) is 11.8 Å². The van der Waals surface area contributed by atoms with Crippen LogP contribution in [0.25, 0.3) is 0 Å². The predicted octanol–water partition coefficient (Wildman–Crippen LogP) is 2.70. The van der Waals surface area contributed by atoms with Crippen molar-refractivity contribution in [3.63, 3.8) is 0 Å². The molecule has 0 aliphatic carbocycles. The molecule has 0 aromatic heterocycles. The third kappa shape index (κ3) is 3.83. The van der Waals surface area contributed by atoms with Crippen LogP contribution >= 0.6 is 27.7 Å². The Morgan fingerprint density at radius 1 is 1.67 bits per heavy atom. The fourth-order valence-corrected chi connectivity index (χ4v) is 1.97. The summed E-state index contributed by atoms with van der Waals surface area (Å²) in [5.41, 5.74) is 5.95. The minimum absolute atomic E-state index is 0.253. The molecule has 1 aromatic carbocycles. The van der Waals surface area contributed by atoms with E-state index >= 15 is 0 Å². The molecule has 1 aromatic rings. The zero-order valence-corrected chi connectivity index (χ0v) is 10.6. The van der Waals surface area contributed by atoms with Crippen molar-refractivity contribution < 1.29 is 9.18 Å². The number of nitrogens with two attached hydrogens (primary N) is 1. The predicted molar refractivity (Wildman–Crippen MR) is 64.1 cm³/mol. The van der Waals surface area contributed by atoms with Crippen molar-refractivity contribution in [1.82, 2.24) is 0 Å². The first kappa shape index (κ1) is 12.5. The molecule has 0 bridgehead atoms. The first-order valence-electron chi connectivity index (χ1n) is 4.35. The van der Waals surface area contributed by atoms with E-state index in [1.807, 2.05) is 6.07 Å². The molecule has 1 atom stereocenters. The van der Waals surface area contributed by atoms with Gasteiger partial charge in [-0.05, 0) is 40.5 Å². The summed E-state index contributed by atoms with van der Waals surface area (Å²) < 4.78 is 13.6. The Morgan fingerprint density at radius 3 is 2.87 bits per heavy atom. The maximum absolute atomic E-state index is 13.1. The number of thioether (sulfide) groups is 1. The molecule has 0 heterocycles. The summed E-state index contributed by atoms with van der Waals surface area (Å²) >= 11 is 4.47. The SMILES string of the molecule is C[C@@H](SCc1ccc(Br)c(F)c1)C(N)=O. The molecule has 5 heteroatoms. The van der Waals surface area contributed by atoms with E-state index in [1.54, 1.807) is 13.0 Å². The molecule has 2 nitrogen and oxygen atoms in total. The van der Waals surface area contributed by atoms with Crippen LogP contribution in [0, 0.1) is 5.82 Å². The van der Waals surface area contributed by atoms with E-state index < -0.39 is 0 Å². The van der Waals surface area contributed by atoms with Crippen LogP contribution in [-0.4, -0.2) is 11.2 Å². The Labute approximate surface area is 101 Å². The lowest BCUT2D eigenvalue weighted by Gasteiger charge is -2.07. The number of primary amides is 1. The highest BCUT2D eigenvalue weighted by Gasteiger charge is 2.09. The van der Waals surface area contributed by atoms with E-state index in [9.17, 15) is 9.18 Å². The quantitative estimate of drug-likeness (QED) is 0.927. The third-order valence-corrected chi connectivity index (χ3v) is 3.76. The van der Waals surface area contributed by atoms with Crippen LogP contribution in [0.5, 0.6) is 0 Å². The summed E-state index contributed by atoms with van der Waals surface area (Å²) in [6.07, 6.45) is 0. The number of amides is 1. The maximum Gasteiger partial charge on any atom is 0.230 e. The number of hydrogen-bond acceptors (Lipinski definition) is 2. The van der Waals surface area contributed by atoms with E-state index in [0.29, 0.717) is 10.2 Å². The number of benzene rings is 1. The van der Waals surface area contributed by atoms with Crippen molar-refractivity contribution >= 4 is 33.6 Å². The number of carbonyl (C=O) groups excluding carboxylic acids is 1. The van der Waals surface area contributed by atoms with E-state index in [0.717, 1.165) is 5.56 Å². The van der Waals surface area contributed by atoms with Crippen LogP contribution in [0.2, 0.25) is 0 Å². The number of halogens is 2. The van der Waals surface area contributed by atoms with Crippen molar-refractivity contribution in [2.45, 2.75) is 17.9 Å². The molecule has 1 rings (SSSR count). The summed E-state index contributed by atoms with van der Waals surface area (Å²) in [4.78, 5) is 10.8. The van der Waals surface area contributed by atoms with Crippen LogP contribution in [0.3, 0.4) is 0 Å². The largest absolute Gasteiger partial charge is 0.369 e. The summed E-state index contributed by atoms with van der Waals surface area (Å²) in [6, 6.07) is 4.92. The number of hydrogen-bond donors (Lipinski definition) is 1. The normalized spacial score (nSPS) is 12.5. The number of rotatable bonds is 4. The Kier molecular flexibility index (Phi) is 4.60. The van der Waals surface area contributed by atoms with Crippen LogP contribution in [-0.2, 0) is 10.5 Å². The molecule has 0 saturated heterocycles. The number of carbonyl (C=O) groups is 1. The van der Waals surface area contributed by atoms with E-state index in [2.05, 4.69) is 15.9 Å². The van der Waals surface area contributed by atoms with Gasteiger partial charge in [0.15, 0.2) is 0 Å². The van der Waals surface area contributed by atoms with Gasteiger partial charge >= 0.3 is 0 Å². The third-order valence-electron chi connectivity index (χ3n) is 1.88. The average molecular weight is 292 g/mol. The van der Waals surface area contributed by atoms with Gasteiger partial charge in [0, 0.05) is 5.75 Å². The highest BCUT2D eigenvalue weighted by atomic mass is 79.9. The van der Waals surface area contributed by atoms with E-state index in [4.69, 9.17) is 5.73 Å². The maximum atomic E-state index is 13.1. The van der Waals surface area contributed by atoms with Gasteiger partial charge in [-0.25, -0.2) is 4.39 Å². The summed E-state index contributed by atoms with van der Waals surface area (Å²) in [6.45, 7) is 1.74. The van der Waals surface area contributed by atoms with Crippen molar-refractivity contribution in [2.24, 2.45) is 5.73 Å². The van der Waals surface area contributed by atoms with Gasteiger partial charge in [-0.1, -0.05) is 6.07 Å². The molecule has 0 unspecified atom stereocenters. The first-order chi connectivity index (χ1) is 7.00. The molecule has 0 radical (unpaired) electrons. The lowest BCUT2D eigenvalue weighted by molar-refractivity contribution is -0.117. The standard InChI is InChI=1S/C10H11BrFNOS/c1-6(10(13)14)15-5-7-2-3-8(11)9(12)4-7/h2-4,6H,5H2,1H3,(H2,13,14)/t6-/m1/s1. The highest BCUT2D eigenvalue weighted by molar-refractivity contribution is 9.10. The van der Waals surface area contributed by atoms with Crippen molar-refractivity contribution in [3.05, 3.63) is 34.1 Å². The zero-order valence-electron chi connectivity index (χ0n) is 8.17. The Morgan fingerprint density at radius 2 is 2.33 bits per heavy atom. The second-order valence-corrected chi connectivity index (χ2v) is 5.29. The lowest BCUT2D eigenvalue weighted by Crippen LogP contribution is -2.22. The minimum Gasteiger partial charge on any atom is -0.369 e. The molecule has 0 aliphatic heterocycles. The van der Waals surface area contributed by atoms with Crippen molar-refractivity contribution in [2.75, 3.05) is 0 Å². The summed E-state index contributed by atoms with van der Waals surface area (Å²) in [7, 11) is 0. The van der Waals surface area contributed by atoms with Gasteiger partial charge in [0.1, 0.15) is 5.82 Å².